The molecule has 0 aromatic rings. The first-order valence-electron chi connectivity index (χ1n) is 2.85. The lowest BCUT2D eigenvalue weighted by atomic mass is 10.1. The Kier molecular flexibility index (Phi) is 2.76. The molecule has 0 rings (SSSR count). The van der Waals surface area contributed by atoms with Crippen molar-refractivity contribution in [3.05, 3.63) is 22.9 Å². The van der Waals surface area contributed by atoms with Gasteiger partial charge in [0.25, 0.3) is 0 Å². The van der Waals surface area contributed by atoms with Crippen LogP contribution in [0.15, 0.2) is 22.9 Å². The summed E-state index contributed by atoms with van der Waals surface area (Å²) in [5.74, 6) is 0. The van der Waals surface area contributed by atoms with Gasteiger partial charge < -0.3 is 0 Å². The minimum absolute atomic E-state index is 1.17. The summed E-state index contributed by atoms with van der Waals surface area (Å²) in [6.45, 7) is 10.2. The fraction of sp³-hybridized carbons (Fsp3) is 0.429. The molecule has 0 N–H and O–H groups in total. The quantitative estimate of drug-likeness (QED) is 0.366. The Balaban J connectivity index is 4.23. The van der Waals surface area contributed by atoms with Gasteiger partial charge in [0.05, 0.1) is 0 Å². The minimum Gasteiger partial charge on any atom is -0.0959 e. The van der Waals surface area contributed by atoms with Crippen LogP contribution < -0.4 is 0 Å². The highest BCUT2D eigenvalue weighted by molar-refractivity contribution is 6.21. The van der Waals surface area contributed by atoms with Gasteiger partial charge in [-0.2, -0.15) is 0 Å². The lowest BCUT2D eigenvalue weighted by Gasteiger charge is -1.99. The predicted molar refractivity (Wildman–Crippen MR) is 43.1 cm³/mol. The van der Waals surface area contributed by atoms with Gasteiger partial charge >= 0.3 is 0 Å². The van der Waals surface area contributed by atoms with E-state index in [1.54, 1.807) is 0 Å². The van der Waals surface area contributed by atoms with E-state index in [9.17, 15) is 0 Å². The second kappa shape index (κ2) is 2.87. The van der Waals surface area contributed by atoms with E-state index in [1.807, 2.05) is 0 Å². The van der Waals surface area contributed by atoms with E-state index in [4.69, 9.17) is 0 Å². The molecule has 0 nitrogen and oxygen atoms in total. The third-order valence-corrected chi connectivity index (χ3v) is 2.14. The summed E-state index contributed by atoms with van der Waals surface area (Å²) in [6, 6.07) is 0. The molecule has 0 aliphatic rings. The van der Waals surface area contributed by atoms with Crippen LogP contribution in [0.4, 0.5) is 0 Å². The predicted octanol–water partition coefficient (Wildman–Crippen LogP) is 1.22. The maximum absolute atomic E-state index is 3.84. The van der Waals surface area contributed by atoms with Crippen LogP contribution in [0.2, 0.25) is 0 Å². The van der Waals surface area contributed by atoms with Crippen molar-refractivity contribution in [2.75, 3.05) is 0 Å². The molecule has 1 heteroatoms. The number of hydrogen-bond donors (Lipinski definition) is 0. The van der Waals surface area contributed by atoms with Crippen LogP contribution in [0, 0.1) is 0 Å². The Labute approximate surface area is 54.7 Å². The molecule has 0 aromatic carbocycles. The molecule has 8 heavy (non-hydrogen) atoms. The topological polar surface area (TPSA) is 0 Å². The molecule has 46 valence electrons. The summed E-state index contributed by atoms with van der Waals surface area (Å²) in [4.78, 5) is 0. The van der Waals surface area contributed by atoms with Crippen molar-refractivity contribution in [2.45, 2.75) is 20.8 Å². The second-order valence-electron chi connectivity index (χ2n) is 2.41. The summed E-state index contributed by atoms with van der Waals surface area (Å²) in [5.41, 5.74) is 2.59. The first-order chi connectivity index (χ1) is 3.55. The Morgan fingerprint density at radius 3 is 1.62 bits per heavy atom. The fourth-order valence-corrected chi connectivity index (χ4v) is 0.854. The zero-order valence-electron chi connectivity index (χ0n) is 6.21. The van der Waals surface area contributed by atoms with E-state index in [2.05, 4.69) is 27.4 Å². The highest BCUT2D eigenvalue weighted by Gasteiger charge is 1.88. The van der Waals surface area contributed by atoms with Gasteiger partial charge in [0.2, 0.25) is 0 Å². The highest BCUT2D eigenvalue weighted by atomic mass is 28.1. The van der Waals surface area contributed by atoms with Crippen LogP contribution in [0.3, 0.4) is 0 Å². The molecule has 0 fully saturated rings. The zero-order chi connectivity index (χ0) is 6.73. The van der Waals surface area contributed by atoms with Crippen molar-refractivity contribution in [2.24, 2.45) is 0 Å². The van der Waals surface area contributed by atoms with Crippen molar-refractivity contribution < 1.29 is 0 Å². The maximum atomic E-state index is 3.84. The van der Waals surface area contributed by atoms with Crippen molar-refractivity contribution in [1.29, 1.82) is 0 Å². The van der Waals surface area contributed by atoms with Crippen LogP contribution in [-0.4, -0.2) is 10.2 Å². The van der Waals surface area contributed by atoms with E-state index in [-0.39, 0.29) is 0 Å². The third-order valence-electron chi connectivity index (χ3n) is 1.39. The Morgan fingerprint density at radius 2 is 1.62 bits per heavy atom. The van der Waals surface area contributed by atoms with Gasteiger partial charge in [-0.1, -0.05) is 22.9 Å². The molecule has 0 saturated heterocycles. The first-order valence-corrected chi connectivity index (χ1v) is 3.85. The van der Waals surface area contributed by atoms with Gasteiger partial charge in [-0.05, 0) is 20.8 Å². The highest BCUT2D eigenvalue weighted by Crippen LogP contribution is 2.07. The molecule has 0 spiro atoms. The van der Waals surface area contributed by atoms with Crippen LogP contribution in [0.1, 0.15) is 20.8 Å². The monoisotopic (exact) mass is 126 g/mol. The zero-order valence-corrected chi connectivity index (χ0v) is 8.21. The fourth-order valence-electron chi connectivity index (χ4n) is 0.427. The summed E-state index contributed by atoms with van der Waals surface area (Å²) in [7, 11) is 1.17. The molecule has 0 aliphatic carbocycles. The molecule has 0 radical (unpaired) electrons. The molecule has 0 atom stereocenters. The Hall–Kier alpha value is -0.303. The summed E-state index contributed by atoms with van der Waals surface area (Å²) >= 11 is 0. The lowest BCUT2D eigenvalue weighted by Crippen LogP contribution is -1.82. The number of hydrogen-bond acceptors (Lipinski definition) is 0. The van der Waals surface area contributed by atoms with Gasteiger partial charge in [-0.25, -0.2) is 0 Å². The van der Waals surface area contributed by atoms with Crippen LogP contribution in [0.5, 0.6) is 0 Å². The van der Waals surface area contributed by atoms with Crippen molar-refractivity contribution in [3.63, 3.8) is 0 Å². The summed E-state index contributed by atoms with van der Waals surface area (Å²) in [5, 5.41) is 1.50. The normalized spacial score (nSPS) is 13.4. The van der Waals surface area contributed by atoms with Crippen molar-refractivity contribution in [1.82, 2.24) is 0 Å². The van der Waals surface area contributed by atoms with Crippen LogP contribution in [0.25, 0.3) is 0 Å². The SMILES string of the molecule is C=C(C)C(C)=C(C)[SiH3]. The first kappa shape index (κ1) is 7.70. The van der Waals surface area contributed by atoms with Crippen molar-refractivity contribution >= 4 is 10.2 Å². The average Bonchev–Trinajstić information content (AvgIpc) is 1.64. The molecular weight excluding hydrogens is 112 g/mol. The largest absolute Gasteiger partial charge is 0.0959 e. The van der Waals surface area contributed by atoms with Crippen molar-refractivity contribution in [3.8, 4) is 0 Å². The van der Waals surface area contributed by atoms with Gasteiger partial charge in [0.15, 0.2) is 0 Å². The Morgan fingerprint density at radius 1 is 1.25 bits per heavy atom. The molecule has 0 aromatic heterocycles. The van der Waals surface area contributed by atoms with E-state index < -0.39 is 0 Å². The van der Waals surface area contributed by atoms with Gasteiger partial charge in [-0.3, -0.25) is 0 Å². The minimum atomic E-state index is 1.17. The van der Waals surface area contributed by atoms with E-state index in [0.717, 1.165) is 0 Å². The molecular formula is C7H14Si. The molecule has 0 bridgehead atoms. The second-order valence-corrected chi connectivity index (χ2v) is 3.91. The average molecular weight is 126 g/mol. The standard InChI is InChI=1S/C7H14Si/c1-5(2)6(3)7(4)8/h1H2,2-4,8H3. The Bertz CT molecular complexity index is 127. The summed E-state index contributed by atoms with van der Waals surface area (Å²) in [6.07, 6.45) is 0. The lowest BCUT2D eigenvalue weighted by molar-refractivity contribution is 1.32. The number of rotatable bonds is 1. The third kappa shape index (κ3) is 2.12. The smallest absolute Gasteiger partial charge is 0.0332 e. The van der Waals surface area contributed by atoms with E-state index in [0.29, 0.717) is 0 Å². The molecule has 0 unspecified atom stereocenters. The van der Waals surface area contributed by atoms with Crippen LogP contribution >= 0.6 is 0 Å². The van der Waals surface area contributed by atoms with Gasteiger partial charge in [-0.15, -0.1) is 0 Å². The molecule has 0 amide bonds. The van der Waals surface area contributed by atoms with Crippen LogP contribution in [-0.2, 0) is 0 Å². The maximum Gasteiger partial charge on any atom is 0.0332 e. The molecule has 0 heterocycles. The molecule has 0 saturated carbocycles. The van der Waals surface area contributed by atoms with Gasteiger partial charge in [0.1, 0.15) is 0 Å². The van der Waals surface area contributed by atoms with E-state index in [1.165, 1.54) is 26.6 Å². The summed E-state index contributed by atoms with van der Waals surface area (Å²) < 4.78 is 0. The van der Waals surface area contributed by atoms with Gasteiger partial charge in [0, 0.05) is 10.2 Å². The number of allylic oxidation sites excluding steroid dienone is 3. The van der Waals surface area contributed by atoms with E-state index >= 15 is 0 Å². The molecule has 0 aliphatic heterocycles.